The number of aryl methyl sites for hydroxylation is 1. The molecule has 3 unspecified atom stereocenters. The Balaban J connectivity index is 1.87. The lowest BCUT2D eigenvalue weighted by atomic mass is 9.68. The average Bonchev–Trinajstić information content (AvgIpc) is 2.87. The van der Waals surface area contributed by atoms with E-state index in [4.69, 9.17) is 0 Å². The molecule has 1 N–H and O–H groups in total. The molecule has 0 amide bonds. The summed E-state index contributed by atoms with van der Waals surface area (Å²) in [6.45, 7) is 9.63. The summed E-state index contributed by atoms with van der Waals surface area (Å²) < 4.78 is 0. The first-order valence-corrected chi connectivity index (χ1v) is 8.28. The molecule has 116 valence electrons. The van der Waals surface area contributed by atoms with Gasteiger partial charge in [-0.3, -0.25) is 0 Å². The van der Waals surface area contributed by atoms with Crippen molar-refractivity contribution >= 4 is 11.4 Å². The van der Waals surface area contributed by atoms with E-state index in [9.17, 15) is 0 Å². The molecule has 0 spiro atoms. The van der Waals surface area contributed by atoms with Gasteiger partial charge in [-0.1, -0.05) is 20.8 Å². The van der Waals surface area contributed by atoms with Crippen molar-refractivity contribution < 1.29 is 0 Å². The van der Waals surface area contributed by atoms with Gasteiger partial charge in [-0.15, -0.1) is 0 Å². The number of anilines is 2. The molecule has 0 heterocycles. The molecule has 21 heavy (non-hydrogen) atoms. The number of hydrogen-bond donors (Lipinski definition) is 1. The molecule has 0 radical (unpaired) electrons. The van der Waals surface area contributed by atoms with Crippen molar-refractivity contribution in [2.75, 3.05) is 24.3 Å². The van der Waals surface area contributed by atoms with Gasteiger partial charge in [0.2, 0.25) is 0 Å². The minimum Gasteiger partial charge on any atom is -0.381 e. The Morgan fingerprint density at radius 1 is 1.19 bits per heavy atom. The van der Waals surface area contributed by atoms with Gasteiger partial charge in [-0.2, -0.15) is 0 Å². The molecule has 2 fully saturated rings. The van der Waals surface area contributed by atoms with Crippen molar-refractivity contribution in [2.24, 2.45) is 16.7 Å². The third-order valence-corrected chi connectivity index (χ3v) is 6.30. The van der Waals surface area contributed by atoms with Gasteiger partial charge in [0.05, 0.1) is 0 Å². The molecule has 2 saturated carbocycles. The molecule has 2 bridgehead atoms. The van der Waals surface area contributed by atoms with E-state index in [1.807, 2.05) is 0 Å². The molecular formula is C19H30N2. The maximum absolute atomic E-state index is 3.92. The summed E-state index contributed by atoms with van der Waals surface area (Å²) in [5, 5.41) is 3.92. The highest BCUT2D eigenvalue weighted by Gasteiger charge is 2.59. The lowest BCUT2D eigenvalue weighted by Gasteiger charge is -2.44. The first kappa shape index (κ1) is 14.7. The topological polar surface area (TPSA) is 15.3 Å². The quantitative estimate of drug-likeness (QED) is 0.867. The second-order valence-electron chi connectivity index (χ2n) is 8.39. The van der Waals surface area contributed by atoms with Crippen LogP contribution in [0.15, 0.2) is 18.2 Å². The molecule has 2 heteroatoms. The number of rotatable bonds is 3. The van der Waals surface area contributed by atoms with Gasteiger partial charge in [-0.05, 0) is 66.7 Å². The Hall–Kier alpha value is -1.18. The average molecular weight is 286 g/mol. The largest absolute Gasteiger partial charge is 0.381 e. The second-order valence-corrected chi connectivity index (χ2v) is 8.39. The van der Waals surface area contributed by atoms with Crippen LogP contribution in [0.2, 0.25) is 0 Å². The van der Waals surface area contributed by atoms with Gasteiger partial charge in [0.1, 0.15) is 0 Å². The molecule has 3 atom stereocenters. The molecule has 2 aliphatic carbocycles. The Morgan fingerprint density at radius 2 is 1.90 bits per heavy atom. The molecule has 0 aromatic heterocycles. The van der Waals surface area contributed by atoms with E-state index < -0.39 is 0 Å². The lowest BCUT2D eigenvalue weighted by molar-refractivity contribution is 0.155. The summed E-state index contributed by atoms with van der Waals surface area (Å²) in [4.78, 5) is 2.17. The SMILES string of the molecule is Cc1cc(N(C)C)ccc1NC1C2(C)CCC(C2)C1(C)C. The number of hydrogen-bond acceptors (Lipinski definition) is 2. The highest BCUT2D eigenvalue weighted by Crippen LogP contribution is 2.63. The van der Waals surface area contributed by atoms with Gasteiger partial charge >= 0.3 is 0 Å². The van der Waals surface area contributed by atoms with E-state index in [0.717, 1.165) is 5.92 Å². The van der Waals surface area contributed by atoms with Crippen LogP contribution < -0.4 is 10.2 Å². The zero-order valence-electron chi connectivity index (χ0n) is 14.5. The van der Waals surface area contributed by atoms with Crippen LogP contribution in [0.4, 0.5) is 11.4 Å². The van der Waals surface area contributed by atoms with Crippen molar-refractivity contribution in [3.05, 3.63) is 23.8 Å². The van der Waals surface area contributed by atoms with Crippen molar-refractivity contribution in [1.29, 1.82) is 0 Å². The van der Waals surface area contributed by atoms with Crippen molar-refractivity contribution in [2.45, 2.75) is 53.0 Å². The monoisotopic (exact) mass is 286 g/mol. The summed E-state index contributed by atoms with van der Waals surface area (Å²) in [6, 6.07) is 7.35. The Kier molecular flexibility index (Phi) is 3.27. The van der Waals surface area contributed by atoms with Crippen LogP contribution in [0.1, 0.15) is 45.6 Å². The van der Waals surface area contributed by atoms with E-state index in [1.165, 1.54) is 36.2 Å². The fourth-order valence-electron chi connectivity index (χ4n) is 4.91. The highest BCUT2D eigenvalue weighted by atomic mass is 15.1. The predicted octanol–water partition coefficient (Wildman–Crippen LogP) is 4.69. The summed E-state index contributed by atoms with van der Waals surface area (Å²) in [6.07, 6.45) is 4.19. The maximum Gasteiger partial charge on any atom is 0.0373 e. The Morgan fingerprint density at radius 3 is 2.43 bits per heavy atom. The van der Waals surface area contributed by atoms with Gasteiger partial charge < -0.3 is 10.2 Å². The predicted molar refractivity (Wildman–Crippen MR) is 92.1 cm³/mol. The number of fused-ring (bicyclic) bond motifs is 2. The number of nitrogens with zero attached hydrogens (tertiary/aromatic N) is 1. The normalized spacial score (nSPS) is 33.2. The van der Waals surface area contributed by atoms with Crippen LogP contribution in [-0.2, 0) is 0 Å². The lowest BCUT2D eigenvalue weighted by Crippen LogP contribution is -2.45. The third kappa shape index (κ3) is 2.23. The minimum absolute atomic E-state index is 0.402. The van der Waals surface area contributed by atoms with E-state index in [0.29, 0.717) is 16.9 Å². The molecule has 3 rings (SSSR count). The maximum atomic E-state index is 3.92. The molecular weight excluding hydrogens is 256 g/mol. The van der Waals surface area contributed by atoms with Crippen molar-refractivity contribution in [3.63, 3.8) is 0 Å². The Bertz CT molecular complexity index is 542. The van der Waals surface area contributed by atoms with E-state index >= 15 is 0 Å². The third-order valence-electron chi connectivity index (χ3n) is 6.30. The second kappa shape index (κ2) is 4.66. The standard InChI is InChI=1S/C19H30N2/c1-13-11-15(21(5)6)7-8-16(13)20-17-18(2,3)14-9-10-19(17,4)12-14/h7-8,11,14,17,20H,9-10,12H2,1-6H3. The molecule has 1 aromatic carbocycles. The highest BCUT2D eigenvalue weighted by molar-refractivity contribution is 5.60. The molecule has 2 aliphatic rings. The van der Waals surface area contributed by atoms with Crippen molar-refractivity contribution in [3.8, 4) is 0 Å². The van der Waals surface area contributed by atoms with Gasteiger partial charge in [-0.25, -0.2) is 0 Å². The van der Waals surface area contributed by atoms with Crippen molar-refractivity contribution in [1.82, 2.24) is 0 Å². The van der Waals surface area contributed by atoms with Crippen LogP contribution in [0, 0.1) is 23.7 Å². The smallest absolute Gasteiger partial charge is 0.0373 e. The molecule has 1 aromatic rings. The van der Waals surface area contributed by atoms with Crippen LogP contribution in [0.3, 0.4) is 0 Å². The fraction of sp³-hybridized carbons (Fsp3) is 0.684. The van der Waals surface area contributed by atoms with Crippen LogP contribution in [0.25, 0.3) is 0 Å². The van der Waals surface area contributed by atoms with Gasteiger partial charge in [0, 0.05) is 31.5 Å². The summed E-state index contributed by atoms with van der Waals surface area (Å²) in [7, 11) is 4.20. The minimum atomic E-state index is 0.402. The van der Waals surface area contributed by atoms with Gasteiger partial charge in [0.15, 0.2) is 0 Å². The molecule has 0 aliphatic heterocycles. The van der Waals surface area contributed by atoms with E-state index in [-0.39, 0.29) is 0 Å². The van der Waals surface area contributed by atoms with E-state index in [1.54, 1.807) is 0 Å². The van der Waals surface area contributed by atoms with Gasteiger partial charge in [0.25, 0.3) is 0 Å². The number of benzene rings is 1. The fourth-order valence-corrected chi connectivity index (χ4v) is 4.91. The first-order chi connectivity index (χ1) is 9.74. The first-order valence-electron chi connectivity index (χ1n) is 8.28. The zero-order valence-corrected chi connectivity index (χ0v) is 14.5. The van der Waals surface area contributed by atoms with E-state index in [2.05, 4.69) is 70.2 Å². The number of nitrogens with one attached hydrogen (secondary N) is 1. The van der Waals surface area contributed by atoms with Crippen LogP contribution in [-0.4, -0.2) is 20.1 Å². The zero-order chi connectivity index (χ0) is 15.4. The van der Waals surface area contributed by atoms with Crippen LogP contribution in [0.5, 0.6) is 0 Å². The molecule has 2 nitrogen and oxygen atoms in total. The summed E-state index contributed by atoms with van der Waals surface area (Å²) in [5.74, 6) is 0.890. The molecule has 0 saturated heterocycles. The Labute approximate surface area is 129 Å². The van der Waals surface area contributed by atoms with Crippen LogP contribution >= 0.6 is 0 Å². The summed E-state index contributed by atoms with van der Waals surface area (Å²) >= 11 is 0. The summed E-state index contributed by atoms with van der Waals surface area (Å²) in [5.41, 5.74) is 4.81.